The molecule has 0 aliphatic carbocycles. The summed E-state index contributed by atoms with van der Waals surface area (Å²) in [5, 5.41) is 17.0. The lowest BCUT2D eigenvalue weighted by molar-refractivity contribution is 0.562. The topological polar surface area (TPSA) is 86.2 Å². The fourth-order valence-electron chi connectivity index (χ4n) is 2.35. The Kier molecular flexibility index (Phi) is 19.9. The van der Waals surface area contributed by atoms with Crippen molar-refractivity contribution >= 4 is 0 Å². The maximum atomic E-state index is 5.41. The molecule has 0 aliphatic rings. The Labute approximate surface area is 161 Å². The zero-order valence-electron chi connectivity index (χ0n) is 17.4. The van der Waals surface area contributed by atoms with Crippen LogP contribution in [0.4, 0.5) is 0 Å². The molecule has 0 amide bonds. The van der Waals surface area contributed by atoms with Gasteiger partial charge in [-0.2, -0.15) is 0 Å². The molecule has 0 atom stereocenters. The quantitative estimate of drug-likeness (QED) is 0.148. The van der Waals surface area contributed by atoms with E-state index < -0.39 is 0 Å². The van der Waals surface area contributed by atoms with Gasteiger partial charge in [-0.3, -0.25) is 0 Å². The van der Waals surface area contributed by atoms with Crippen molar-refractivity contribution in [3.05, 3.63) is 23.3 Å². The second-order valence-corrected chi connectivity index (χ2v) is 6.86. The van der Waals surface area contributed by atoms with Crippen molar-refractivity contribution in [2.24, 2.45) is 5.73 Å². The zero-order chi connectivity index (χ0) is 19.3. The van der Waals surface area contributed by atoms with Gasteiger partial charge in [-0.05, 0) is 33.6 Å². The molecule has 6 nitrogen and oxygen atoms in total. The largest absolute Gasteiger partial charge is 0.329 e. The molecule has 0 aliphatic heterocycles. The fourth-order valence-corrected chi connectivity index (χ4v) is 2.35. The predicted molar refractivity (Wildman–Crippen MR) is 116 cm³/mol. The molecule has 6 heteroatoms. The Bertz CT molecular complexity index is 350. The standard InChI is InChI=1S/C20H44N6/c1-19(2)5-4-6-20(3)7-9-22-11-13-24-15-17-26-18-16-25-14-12-23-10-8-21/h5,7,22-26H,4,6,8-18,21H2,1-3H3/b20-7+. The number of nitrogens with two attached hydrogens (primary N) is 1. The molecule has 0 saturated carbocycles. The van der Waals surface area contributed by atoms with E-state index in [4.69, 9.17) is 5.73 Å². The van der Waals surface area contributed by atoms with E-state index in [9.17, 15) is 0 Å². The first-order valence-corrected chi connectivity index (χ1v) is 10.2. The highest BCUT2D eigenvalue weighted by molar-refractivity contribution is 5.02. The zero-order valence-corrected chi connectivity index (χ0v) is 17.4. The smallest absolute Gasteiger partial charge is 0.0137 e. The molecule has 0 rings (SSSR count). The van der Waals surface area contributed by atoms with Crippen molar-refractivity contribution in [2.45, 2.75) is 33.6 Å². The molecule has 0 aromatic rings. The molecule has 0 spiro atoms. The average Bonchev–Trinajstić information content (AvgIpc) is 2.61. The van der Waals surface area contributed by atoms with E-state index in [2.05, 4.69) is 59.5 Å². The number of nitrogens with one attached hydrogen (secondary N) is 5. The van der Waals surface area contributed by atoms with Crippen molar-refractivity contribution < 1.29 is 0 Å². The summed E-state index contributed by atoms with van der Waals surface area (Å²) in [7, 11) is 0. The summed E-state index contributed by atoms with van der Waals surface area (Å²) in [6.07, 6.45) is 6.92. The minimum atomic E-state index is 0.705. The third kappa shape index (κ3) is 21.3. The minimum Gasteiger partial charge on any atom is -0.329 e. The molecule has 0 aromatic carbocycles. The molecule has 0 heterocycles. The SMILES string of the molecule is CC(C)=CCC/C(C)=C/CNCCNCCNCCNCCNCCN. The number of allylic oxidation sites excluding steroid dienone is 3. The van der Waals surface area contributed by atoms with Gasteiger partial charge in [-0.15, -0.1) is 0 Å². The van der Waals surface area contributed by atoms with Gasteiger partial charge in [-0.1, -0.05) is 23.3 Å². The van der Waals surface area contributed by atoms with Crippen LogP contribution in [-0.2, 0) is 0 Å². The highest BCUT2D eigenvalue weighted by Crippen LogP contribution is 2.05. The first-order chi connectivity index (χ1) is 12.7. The summed E-state index contributed by atoms with van der Waals surface area (Å²) < 4.78 is 0. The van der Waals surface area contributed by atoms with Crippen molar-refractivity contribution in [2.75, 3.05) is 72.0 Å². The Morgan fingerprint density at radius 3 is 1.58 bits per heavy atom. The normalized spacial score (nSPS) is 11.8. The van der Waals surface area contributed by atoms with Crippen LogP contribution < -0.4 is 32.3 Å². The maximum absolute atomic E-state index is 5.41. The Morgan fingerprint density at radius 1 is 0.654 bits per heavy atom. The van der Waals surface area contributed by atoms with E-state index in [1.165, 1.54) is 11.1 Å². The van der Waals surface area contributed by atoms with Crippen LogP contribution in [0.2, 0.25) is 0 Å². The van der Waals surface area contributed by atoms with Gasteiger partial charge in [0.2, 0.25) is 0 Å². The lowest BCUT2D eigenvalue weighted by atomic mass is 10.1. The van der Waals surface area contributed by atoms with Gasteiger partial charge in [0.25, 0.3) is 0 Å². The molecular weight excluding hydrogens is 324 g/mol. The summed E-state index contributed by atoms with van der Waals surface area (Å²) in [4.78, 5) is 0. The summed E-state index contributed by atoms with van der Waals surface area (Å²) >= 11 is 0. The minimum absolute atomic E-state index is 0.705. The molecule has 7 N–H and O–H groups in total. The summed E-state index contributed by atoms with van der Waals surface area (Å²) in [6.45, 7) is 17.1. The molecule has 0 bridgehead atoms. The van der Waals surface area contributed by atoms with Crippen LogP contribution in [-0.4, -0.2) is 72.0 Å². The van der Waals surface area contributed by atoms with Crippen LogP contribution in [0.25, 0.3) is 0 Å². The van der Waals surface area contributed by atoms with Crippen LogP contribution in [0.5, 0.6) is 0 Å². The van der Waals surface area contributed by atoms with Crippen LogP contribution in [0.15, 0.2) is 23.3 Å². The van der Waals surface area contributed by atoms with E-state index >= 15 is 0 Å². The lowest BCUT2D eigenvalue weighted by Gasteiger charge is -2.08. The summed E-state index contributed by atoms with van der Waals surface area (Å²) in [5.74, 6) is 0. The van der Waals surface area contributed by atoms with Gasteiger partial charge in [0.05, 0.1) is 0 Å². The summed E-state index contributed by atoms with van der Waals surface area (Å²) in [6, 6.07) is 0. The summed E-state index contributed by atoms with van der Waals surface area (Å²) in [5.41, 5.74) is 8.29. The van der Waals surface area contributed by atoms with Crippen LogP contribution >= 0.6 is 0 Å². The monoisotopic (exact) mass is 368 g/mol. The molecule has 154 valence electrons. The van der Waals surface area contributed by atoms with Crippen molar-refractivity contribution in [3.8, 4) is 0 Å². The first kappa shape index (κ1) is 25.2. The van der Waals surface area contributed by atoms with Gasteiger partial charge in [-0.25, -0.2) is 0 Å². The van der Waals surface area contributed by atoms with Crippen molar-refractivity contribution in [1.29, 1.82) is 0 Å². The predicted octanol–water partition coefficient (Wildman–Crippen LogP) is 0.586. The Balaban J connectivity index is 3.20. The van der Waals surface area contributed by atoms with E-state index in [0.29, 0.717) is 6.54 Å². The van der Waals surface area contributed by atoms with E-state index in [0.717, 1.165) is 78.3 Å². The van der Waals surface area contributed by atoms with E-state index in [-0.39, 0.29) is 0 Å². The Morgan fingerprint density at radius 2 is 1.12 bits per heavy atom. The highest BCUT2D eigenvalue weighted by atomic mass is 15.0. The van der Waals surface area contributed by atoms with E-state index in [1.54, 1.807) is 0 Å². The van der Waals surface area contributed by atoms with Gasteiger partial charge in [0.1, 0.15) is 0 Å². The number of hydrogen-bond donors (Lipinski definition) is 6. The third-order valence-electron chi connectivity index (χ3n) is 3.92. The fraction of sp³-hybridized carbons (Fsp3) is 0.800. The second-order valence-electron chi connectivity index (χ2n) is 6.86. The van der Waals surface area contributed by atoms with Gasteiger partial charge in [0, 0.05) is 72.0 Å². The number of hydrogen-bond acceptors (Lipinski definition) is 6. The van der Waals surface area contributed by atoms with Crippen molar-refractivity contribution in [1.82, 2.24) is 26.6 Å². The average molecular weight is 369 g/mol. The van der Waals surface area contributed by atoms with Crippen LogP contribution in [0, 0.1) is 0 Å². The first-order valence-electron chi connectivity index (χ1n) is 10.2. The molecule has 0 fully saturated rings. The molecular formula is C20H44N6. The highest BCUT2D eigenvalue weighted by Gasteiger charge is 1.91. The van der Waals surface area contributed by atoms with Crippen molar-refractivity contribution in [3.63, 3.8) is 0 Å². The van der Waals surface area contributed by atoms with Crippen LogP contribution in [0.3, 0.4) is 0 Å². The molecule has 0 saturated heterocycles. The second kappa shape index (κ2) is 20.6. The maximum Gasteiger partial charge on any atom is 0.0137 e. The van der Waals surface area contributed by atoms with E-state index in [1.807, 2.05) is 0 Å². The third-order valence-corrected chi connectivity index (χ3v) is 3.92. The molecule has 0 radical (unpaired) electrons. The van der Waals surface area contributed by atoms with Gasteiger partial charge >= 0.3 is 0 Å². The molecule has 26 heavy (non-hydrogen) atoms. The lowest BCUT2D eigenvalue weighted by Crippen LogP contribution is -2.37. The molecule has 0 aromatic heterocycles. The van der Waals surface area contributed by atoms with Gasteiger partial charge in [0.15, 0.2) is 0 Å². The van der Waals surface area contributed by atoms with Gasteiger partial charge < -0.3 is 32.3 Å². The number of rotatable bonds is 19. The molecule has 0 unspecified atom stereocenters. The Hall–Kier alpha value is -0.760. The van der Waals surface area contributed by atoms with Crippen LogP contribution in [0.1, 0.15) is 33.6 Å².